The Kier molecular flexibility index (Phi) is 6.22. The molecule has 23 heavy (non-hydrogen) atoms. The number of carbonyl (C=O) groups is 1. The number of benzene rings is 1. The van der Waals surface area contributed by atoms with E-state index in [-0.39, 0.29) is 6.42 Å². The molecule has 2 N–H and O–H groups in total. The normalized spacial score (nSPS) is 12.0. The molecule has 1 aromatic carbocycles. The fourth-order valence-corrected chi connectivity index (χ4v) is 1.89. The number of carbonyl (C=O) groups excluding carboxylic acids is 1. The van der Waals surface area contributed by atoms with Crippen LogP contribution in [0.2, 0.25) is 0 Å². The van der Waals surface area contributed by atoms with Gasteiger partial charge >= 0.3 is 6.09 Å². The summed E-state index contributed by atoms with van der Waals surface area (Å²) in [6, 6.07) is 4.92. The minimum Gasteiger partial charge on any atom is -0.493 e. The Morgan fingerprint density at radius 1 is 1.30 bits per heavy atom. The number of nitriles is 1. The summed E-state index contributed by atoms with van der Waals surface area (Å²) in [5.41, 5.74) is -0.0267. The first-order valence-electron chi connectivity index (χ1n) is 7.02. The van der Waals surface area contributed by atoms with Crippen LogP contribution < -0.4 is 14.8 Å². The first-order valence-corrected chi connectivity index (χ1v) is 7.02. The molecule has 0 aliphatic heterocycles. The van der Waals surface area contributed by atoms with Crippen molar-refractivity contribution in [2.75, 3.05) is 19.5 Å². The van der Waals surface area contributed by atoms with Gasteiger partial charge < -0.3 is 19.3 Å². The van der Waals surface area contributed by atoms with Crippen LogP contribution in [0.5, 0.6) is 11.5 Å². The number of nitrogens with zero attached hydrogens (tertiary/aromatic N) is 1. The lowest BCUT2D eigenvalue weighted by atomic mass is 10.0. The van der Waals surface area contributed by atoms with Gasteiger partial charge in [0.2, 0.25) is 0 Å². The number of ether oxygens (including phenoxy) is 3. The zero-order valence-corrected chi connectivity index (χ0v) is 14.0. The quantitative estimate of drug-likeness (QED) is 0.864. The van der Waals surface area contributed by atoms with Gasteiger partial charge in [0.1, 0.15) is 5.60 Å². The molecular formula is C16H22N2O5. The van der Waals surface area contributed by atoms with E-state index < -0.39 is 17.8 Å². The summed E-state index contributed by atoms with van der Waals surface area (Å²) in [6.07, 6.45) is -1.88. The standard InChI is InChI=1S/C16H22N2O5/c1-16(2,3)23-15(20)18-11-9-14(22-5)13(21-4)8-10(11)12(19)6-7-17/h8-9,12,19H,6H2,1-5H3,(H,18,20). The fourth-order valence-electron chi connectivity index (χ4n) is 1.89. The average Bonchev–Trinajstić information content (AvgIpc) is 2.44. The molecule has 1 rings (SSSR count). The molecular weight excluding hydrogens is 300 g/mol. The van der Waals surface area contributed by atoms with Gasteiger partial charge in [0.25, 0.3) is 0 Å². The molecule has 0 fully saturated rings. The molecule has 7 heteroatoms. The number of rotatable bonds is 5. The highest BCUT2D eigenvalue weighted by Crippen LogP contribution is 2.37. The fraction of sp³-hybridized carbons (Fsp3) is 0.500. The number of aliphatic hydroxyl groups excluding tert-OH is 1. The minimum absolute atomic E-state index is 0.127. The van der Waals surface area contributed by atoms with Crippen molar-refractivity contribution in [3.05, 3.63) is 17.7 Å². The first-order chi connectivity index (χ1) is 10.7. The van der Waals surface area contributed by atoms with Gasteiger partial charge in [-0.05, 0) is 26.8 Å². The molecule has 0 aromatic heterocycles. The topological polar surface area (TPSA) is 101 Å². The van der Waals surface area contributed by atoms with Crippen molar-refractivity contribution in [3.63, 3.8) is 0 Å². The van der Waals surface area contributed by atoms with Crippen LogP contribution in [0.4, 0.5) is 10.5 Å². The number of hydrogen-bond donors (Lipinski definition) is 2. The lowest BCUT2D eigenvalue weighted by molar-refractivity contribution is 0.0635. The van der Waals surface area contributed by atoms with E-state index in [0.29, 0.717) is 22.7 Å². The number of methoxy groups -OCH3 is 2. The van der Waals surface area contributed by atoms with Crippen molar-refractivity contribution in [1.29, 1.82) is 5.26 Å². The van der Waals surface area contributed by atoms with Crippen molar-refractivity contribution < 1.29 is 24.1 Å². The molecule has 1 amide bonds. The Bertz CT molecular complexity index is 602. The van der Waals surface area contributed by atoms with Crippen LogP contribution in [0.3, 0.4) is 0 Å². The van der Waals surface area contributed by atoms with Crippen LogP contribution >= 0.6 is 0 Å². The zero-order valence-electron chi connectivity index (χ0n) is 14.0. The maximum atomic E-state index is 12.0. The molecule has 1 unspecified atom stereocenters. The van der Waals surface area contributed by atoms with Gasteiger partial charge in [-0.25, -0.2) is 4.79 Å². The van der Waals surface area contributed by atoms with E-state index in [4.69, 9.17) is 19.5 Å². The lowest BCUT2D eigenvalue weighted by Crippen LogP contribution is -2.27. The number of amides is 1. The van der Waals surface area contributed by atoms with Crippen LogP contribution in [0.1, 0.15) is 38.9 Å². The van der Waals surface area contributed by atoms with Crippen LogP contribution in [-0.4, -0.2) is 31.0 Å². The third-order valence-electron chi connectivity index (χ3n) is 2.83. The molecule has 7 nitrogen and oxygen atoms in total. The molecule has 0 saturated carbocycles. The van der Waals surface area contributed by atoms with Gasteiger partial charge in [-0.15, -0.1) is 0 Å². The van der Waals surface area contributed by atoms with Gasteiger partial charge in [-0.1, -0.05) is 0 Å². The Morgan fingerprint density at radius 2 is 1.87 bits per heavy atom. The van der Waals surface area contributed by atoms with E-state index in [0.717, 1.165) is 0 Å². The SMILES string of the molecule is COc1cc(NC(=O)OC(C)(C)C)c(C(O)CC#N)cc1OC. The smallest absolute Gasteiger partial charge is 0.412 e. The number of nitrogens with one attached hydrogen (secondary N) is 1. The highest BCUT2D eigenvalue weighted by molar-refractivity contribution is 5.87. The van der Waals surface area contributed by atoms with E-state index in [9.17, 15) is 9.90 Å². The summed E-state index contributed by atoms with van der Waals surface area (Å²) >= 11 is 0. The minimum atomic E-state index is -1.08. The van der Waals surface area contributed by atoms with Gasteiger partial charge in [0, 0.05) is 11.6 Å². The third kappa shape index (κ3) is 5.34. The second-order valence-electron chi connectivity index (χ2n) is 5.80. The molecule has 0 radical (unpaired) electrons. The lowest BCUT2D eigenvalue weighted by Gasteiger charge is -2.22. The van der Waals surface area contributed by atoms with Crippen LogP contribution in [-0.2, 0) is 4.74 Å². The summed E-state index contributed by atoms with van der Waals surface area (Å²) in [5, 5.41) is 21.5. The van der Waals surface area contributed by atoms with Crippen molar-refractivity contribution in [1.82, 2.24) is 0 Å². The van der Waals surface area contributed by atoms with Gasteiger partial charge in [0.15, 0.2) is 11.5 Å². The van der Waals surface area contributed by atoms with Crippen LogP contribution in [0.25, 0.3) is 0 Å². The largest absolute Gasteiger partial charge is 0.493 e. The Morgan fingerprint density at radius 3 is 2.35 bits per heavy atom. The van der Waals surface area contributed by atoms with Crippen molar-refractivity contribution in [3.8, 4) is 17.6 Å². The number of hydrogen-bond acceptors (Lipinski definition) is 6. The van der Waals surface area contributed by atoms with E-state index in [2.05, 4.69) is 5.32 Å². The van der Waals surface area contributed by atoms with Gasteiger partial charge in [-0.3, -0.25) is 5.32 Å². The van der Waals surface area contributed by atoms with Crippen LogP contribution in [0, 0.1) is 11.3 Å². The monoisotopic (exact) mass is 322 g/mol. The second kappa shape index (κ2) is 7.70. The molecule has 126 valence electrons. The molecule has 0 aliphatic rings. The first kappa shape index (κ1) is 18.6. The van der Waals surface area contributed by atoms with Gasteiger partial charge in [-0.2, -0.15) is 5.26 Å². The molecule has 0 saturated heterocycles. The van der Waals surface area contributed by atoms with Crippen LogP contribution in [0.15, 0.2) is 12.1 Å². The van der Waals surface area contributed by atoms with Gasteiger partial charge in [0.05, 0.1) is 38.5 Å². The molecule has 1 aromatic rings. The summed E-state index contributed by atoms with van der Waals surface area (Å²) in [7, 11) is 2.92. The number of aliphatic hydroxyl groups is 1. The highest BCUT2D eigenvalue weighted by atomic mass is 16.6. The Hall–Kier alpha value is -2.46. The van der Waals surface area contributed by atoms with E-state index in [1.165, 1.54) is 26.4 Å². The zero-order chi connectivity index (χ0) is 17.6. The van der Waals surface area contributed by atoms with Crippen molar-refractivity contribution in [2.24, 2.45) is 0 Å². The molecule has 0 aliphatic carbocycles. The predicted octanol–water partition coefficient (Wildman–Crippen LogP) is 3.00. The molecule has 0 spiro atoms. The molecule has 0 heterocycles. The molecule has 0 bridgehead atoms. The Balaban J connectivity index is 3.21. The van der Waals surface area contributed by atoms with E-state index in [1.54, 1.807) is 20.8 Å². The summed E-state index contributed by atoms with van der Waals surface area (Å²) in [5.74, 6) is 0.765. The summed E-state index contributed by atoms with van der Waals surface area (Å²) in [4.78, 5) is 12.0. The third-order valence-corrected chi connectivity index (χ3v) is 2.83. The Labute approximate surface area is 135 Å². The summed E-state index contributed by atoms with van der Waals surface area (Å²) < 4.78 is 15.6. The maximum Gasteiger partial charge on any atom is 0.412 e. The van der Waals surface area contributed by atoms with E-state index >= 15 is 0 Å². The van der Waals surface area contributed by atoms with Crippen molar-refractivity contribution in [2.45, 2.75) is 38.9 Å². The second-order valence-corrected chi connectivity index (χ2v) is 5.80. The predicted molar refractivity (Wildman–Crippen MR) is 84.6 cm³/mol. The maximum absolute atomic E-state index is 12.0. The van der Waals surface area contributed by atoms with E-state index in [1.807, 2.05) is 6.07 Å². The average molecular weight is 322 g/mol. The number of anilines is 1. The molecule has 1 atom stereocenters. The van der Waals surface area contributed by atoms with Crippen molar-refractivity contribution >= 4 is 11.8 Å². The summed E-state index contributed by atoms with van der Waals surface area (Å²) in [6.45, 7) is 5.23. The highest BCUT2D eigenvalue weighted by Gasteiger charge is 2.21.